The highest BCUT2D eigenvalue weighted by Gasteiger charge is 2.70. The van der Waals surface area contributed by atoms with Crippen molar-refractivity contribution in [3.05, 3.63) is 11.6 Å². The first kappa shape index (κ1) is 15.9. The fourth-order valence-electron chi connectivity index (χ4n) is 6.97. The molecule has 8 atom stereocenters. The topological polar surface area (TPSA) is 72.8 Å². The summed E-state index contributed by atoms with van der Waals surface area (Å²) < 4.78 is 11.5. The SMILES string of the molecule is CC12CCC3C(=CC4OC(=O)C5(C)C(O)CCC3(C)C45)C1OC(=O)C2. The molecule has 0 radical (unpaired) electrons. The standard InChI is InChI=1S/C20H26O5/c1-18-6-4-11-10(16(18)25-14(22)9-18)8-12-15-19(11,2)7-5-13(21)20(15,3)17(23)24-12/h8,11-13,15-16,21H,4-7,9H2,1-3H3. The first-order chi connectivity index (χ1) is 11.7. The van der Waals surface area contributed by atoms with Gasteiger partial charge in [-0.15, -0.1) is 0 Å². The molecule has 0 amide bonds. The summed E-state index contributed by atoms with van der Waals surface area (Å²) in [5.41, 5.74) is 0.0950. The van der Waals surface area contributed by atoms with Gasteiger partial charge in [0.05, 0.1) is 17.9 Å². The van der Waals surface area contributed by atoms with E-state index in [1.165, 1.54) is 0 Å². The molecule has 0 aromatic rings. The zero-order valence-corrected chi connectivity index (χ0v) is 15.1. The highest BCUT2D eigenvalue weighted by atomic mass is 16.6. The number of hydrogen-bond acceptors (Lipinski definition) is 5. The van der Waals surface area contributed by atoms with Crippen LogP contribution in [0.2, 0.25) is 0 Å². The van der Waals surface area contributed by atoms with E-state index in [9.17, 15) is 14.7 Å². The van der Waals surface area contributed by atoms with E-state index in [4.69, 9.17) is 9.47 Å². The van der Waals surface area contributed by atoms with Gasteiger partial charge < -0.3 is 14.6 Å². The van der Waals surface area contributed by atoms with E-state index < -0.39 is 11.5 Å². The molecule has 8 unspecified atom stereocenters. The third-order valence-corrected chi connectivity index (χ3v) is 8.31. The zero-order valence-electron chi connectivity index (χ0n) is 15.1. The second-order valence-corrected chi connectivity index (χ2v) is 9.65. The molecule has 0 aromatic carbocycles. The Kier molecular flexibility index (Phi) is 2.84. The fraction of sp³-hybridized carbons (Fsp3) is 0.800. The first-order valence-corrected chi connectivity index (χ1v) is 9.50. The number of carbonyl (C=O) groups is 2. The Balaban J connectivity index is 1.65. The van der Waals surface area contributed by atoms with Crippen molar-refractivity contribution in [2.24, 2.45) is 28.1 Å². The lowest BCUT2D eigenvalue weighted by atomic mass is 9.44. The largest absolute Gasteiger partial charge is 0.457 e. The highest BCUT2D eigenvalue weighted by molar-refractivity contribution is 5.81. The van der Waals surface area contributed by atoms with Gasteiger partial charge in [-0.3, -0.25) is 9.59 Å². The Bertz CT molecular complexity index is 713. The predicted octanol–water partition coefficient (Wildman–Crippen LogP) is 2.37. The number of hydrogen-bond donors (Lipinski definition) is 1. The van der Waals surface area contributed by atoms with E-state index in [2.05, 4.69) is 19.9 Å². The van der Waals surface area contributed by atoms with E-state index in [0.29, 0.717) is 18.8 Å². The Hall–Kier alpha value is -1.36. The minimum Gasteiger partial charge on any atom is -0.457 e. The summed E-state index contributed by atoms with van der Waals surface area (Å²) in [7, 11) is 0. The number of carbonyl (C=O) groups excluding carboxylic acids is 2. The quantitative estimate of drug-likeness (QED) is 0.538. The second-order valence-electron chi connectivity index (χ2n) is 9.65. The van der Waals surface area contributed by atoms with Gasteiger partial charge in [0.25, 0.3) is 0 Å². The molecule has 3 aliphatic carbocycles. The van der Waals surface area contributed by atoms with Gasteiger partial charge in [0.1, 0.15) is 12.2 Å². The molecule has 2 saturated carbocycles. The van der Waals surface area contributed by atoms with Gasteiger partial charge in [0.15, 0.2) is 0 Å². The molecule has 5 rings (SSSR count). The molecule has 136 valence electrons. The molecule has 5 nitrogen and oxygen atoms in total. The molecule has 4 fully saturated rings. The van der Waals surface area contributed by atoms with Gasteiger partial charge in [-0.1, -0.05) is 13.8 Å². The van der Waals surface area contributed by atoms with Crippen LogP contribution in [0.15, 0.2) is 11.6 Å². The highest BCUT2D eigenvalue weighted by Crippen LogP contribution is 2.67. The van der Waals surface area contributed by atoms with Crippen LogP contribution >= 0.6 is 0 Å². The van der Waals surface area contributed by atoms with Gasteiger partial charge in [-0.25, -0.2) is 0 Å². The number of aliphatic hydroxyl groups is 1. The Morgan fingerprint density at radius 3 is 2.64 bits per heavy atom. The van der Waals surface area contributed by atoms with Crippen molar-refractivity contribution < 1.29 is 24.2 Å². The average Bonchev–Trinajstić information content (AvgIpc) is 2.99. The molecule has 2 aliphatic heterocycles. The van der Waals surface area contributed by atoms with Crippen LogP contribution in [0, 0.1) is 28.1 Å². The van der Waals surface area contributed by atoms with Crippen molar-refractivity contribution in [3.8, 4) is 0 Å². The van der Waals surface area contributed by atoms with Crippen LogP contribution in [-0.4, -0.2) is 35.4 Å². The number of ether oxygens (including phenoxy) is 2. The van der Waals surface area contributed by atoms with E-state index in [0.717, 1.165) is 24.8 Å². The smallest absolute Gasteiger partial charge is 0.315 e. The van der Waals surface area contributed by atoms with Crippen LogP contribution in [-0.2, 0) is 19.1 Å². The van der Waals surface area contributed by atoms with E-state index in [-0.39, 0.29) is 40.9 Å². The van der Waals surface area contributed by atoms with Crippen molar-refractivity contribution in [1.29, 1.82) is 0 Å². The Labute approximate surface area is 147 Å². The van der Waals surface area contributed by atoms with Crippen LogP contribution in [0.25, 0.3) is 0 Å². The summed E-state index contributed by atoms with van der Waals surface area (Å²) in [6.45, 7) is 6.28. The molecule has 1 N–H and O–H groups in total. The summed E-state index contributed by atoms with van der Waals surface area (Å²) in [5, 5.41) is 10.6. The summed E-state index contributed by atoms with van der Waals surface area (Å²) in [5.74, 6) is -0.109. The van der Waals surface area contributed by atoms with Crippen molar-refractivity contribution >= 4 is 11.9 Å². The van der Waals surface area contributed by atoms with Crippen LogP contribution in [0.3, 0.4) is 0 Å². The van der Waals surface area contributed by atoms with Crippen LogP contribution in [0.5, 0.6) is 0 Å². The van der Waals surface area contributed by atoms with Crippen molar-refractivity contribution in [3.63, 3.8) is 0 Å². The maximum absolute atomic E-state index is 12.7. The van der Waals surface area contributed by atoms with Crippen molar-refractivity contribution in [1.82, 2.24) is 0 Å². The molecule has 5 aliphatic rings. The van der Waals surface area contributed by atoms with E-state index in [1.807, 2.05) is 6.92 Å². The monoisotopic (exact) mass is 346 g/mol. The van der Waals surface area contributed by atoms with Gasteiger partial charge >= 0.3 is 11.9 Å². The Morgan fingerprint density at radius 1 is 1.12 bits per heavy atom. The third kappa shape index (κ3) is 1.69. The van der Waals surface area contributed by atoms with Gasteiger partial charge in [0.2, 0.25) is 0 Å². The van der Waals surface area contributed by atoms with Gasteiger partial charge in [-0.2, -0.15) is 0 Å². The molecular formula is C20H26O5. The molecule has 2 heterocycles. The number of aliphatic hydroxyl groups excluding tert-OH is 1. The number of fused-ring (bicyclic) bond motifs is 4. The second kappa shape index (κ2) is 4.48. The zero-order chi connectivity index (χ0) is 17.8. The first-order valence-electron chi connectivity index (χ1n) is 9.50. The summed E-state index contributed by atoms with van der Waals surface area (Å²) >= 11 is 0. The van der Waals surface area contributed by atoms with E-state index >= 15 is 0 Å². The van der Waals surface area contributed by atoms with Gasteiger partial charge in [-0.05, 0) is 55.6 Å². The Morgan fingerprint density at radius 2 is 1.88 bits per heavy atom. The molecule has 25 heavy (non-hydrogen) atoms. The molecular weight excluding hydrogens is 320 g/mol. The lowest BCUT2D eigenvalue weighted by Crippen LogP contribution is -2.59. The summed E-state index contributed by atoms with van der Waals surface area (Å²) in [4.78, 5) is 24.7. The molecule has 0 bridgehead atoms. The maximum Gasteiger partial charge on any atom is 0.315 e. The molecule has 2 saturated heterocycles. The summed E-state index contributed by atoms with van der Waals surface area (Å²) in [6, 6.07) is 0. The van der Waals surface area contributed by atoms with Crippen molar-refractivity contribution in [2.75, 3.05) is 0 Å². The van der Waals surface area contributed by atoms with Crippen LogP contribution < -0.4 is 0 Å². The van der Waals surface area contributed by atoms with E-state index in [1.54, 1.807) is 0 Å². The minimum absolute atomic E-state index is 0.00791. The average molecular weight is 346 g/mol. The van der Waals surface area contributed by atoms with Crippen LogP contribution in [0.1, 0.15) is 52.9 Å². The lowest BCUT2D eigenvalue weighted by Gasteiger charge is -2.58. The molecule has 5 heteroatoms. The molecule has 0 spiro atoms. The normalized spacial score (nSPS) is 56.3. The predicted molar refractivity (Wildman–Crippen MR) is 88.2 cm³/mol. The lowest BCUT2D eigenvalue weighted by molar-refractivity contribution is -0.159. The fourth-order valence-corrected chi connectivity index (χ4v) is 6.97. The van der Waals surface area contributed by atoms with Crippen LogP contribution in [0.4, 0.5) is 0 Å². The summed E-state index contributed by atoms with van der Waals surface area (Å²) in [6.07, 6.45) is 4.87. The number of esters is 2. The maximum atomic E-state index is 12.7. The van der Waals surface area contributed by atoms with Gasteiger partial charge in [0, 0.05) is 11.3 Å². The van der Waals surface area contributed by atoms with Crippen molar-refractivity contribution in [2.45, 2.75) is 71.2 Å². The third-order valence-electron chi connectivity index (χ3n) is 8.31. The minimum atomic E-state index is -0.827. The number of rotatable bonds is 0. The molecule has 0 aromatic heterocycles.